The highest BCUT2D eigenvalue weighted by Crippen LogP contribution is 2.23. The fourth-order valence-electron chi connectivity index (χ4n) is 6.22. The van der Waals surface area contributed by atoms with Gasteiger partial charge >= 0.3 is 0 Å². The molecule has 1 unspecified atom stereocenters. The Kier molecular flexibility index (Phi) is 6.67. The van der Waals surface area contributed by atoms with Crippen molar-refractivity contribution in [3.05, 3.63) is 59.7 Å². The van der Waals surface area contributed by atoms with Crippen LogP contribution >= 0.6 is 0 Å². The van der Waals surface area contributed by atoms with Crippen LogP contribution in [0.1, 0.15) is 41.6 Å². The largest absolute Gasteiger partial charge is 0.353 e. The lowest BCUT2D eigenvalue weighted by molar-refractivity contribution is 0.0571. The van der Waals surface area contributed by atoms with E-state index in [0.717, 1.165) is 75.6 Å². The van der Waals surface area contributed by atoms with E-state index in [2.05, 4.69) is 62.0 Å². The number of imidazole rings is 1. The highest BCUT2D eigenvalue weighted by Gasteiger charge is 2.32. The van der Waals surface area contributed by atoms with Gasteiger partial charge in [0.25, 0.3) is 5.91 Å². The quantitative estimate of drug-likeness (QED) is 0.577. The molecule has 0 bridgehead atoms. The number of benzene rings is 2. The maximum absolute atomic E-state index is 13.0. The summed E-state index contributed by atoms with van der Waals surface area (Å²) in [4.78, 5) is 25.0. The Hall–Kier alpha value is -2.90. The molecule has 0 spiro atoms. The summed E-state index contributed by atoms with van der Waals surface area (Å²) in [6, 6.07) is 17.7. The summed E-state index contributed by atoms with van der Waals surface area (Å²) >= 11 is 0. The van der Waals surface area contributed by atoms with E-state index < -0.39 is 0 Å². The first kappa shape index (κ1) is 23.5. The van der Waals surface area contributed by atoms with Gasteiger partial charge in [-0.2, -0.15) is 0 Å². The van der Waals surface area contributed by atoms with Gasteiger partial charge in [-0.25, -0.2) is 4.98 Å². The number of para-hydroxylation sites is 2. The molecule has 3 aromatic rings. The van der Waals surface area contributed by atoms with Crippen molar-refractivity contribution >= 4 is 22.9 Å². The van der Waals surface area contributed by atoms with Crippen LogP contribution in [0.5, 0.6) is 0 Å². The van der Waals surface area contributed by atoms with Crippen molar-refractivity contribution in [2.45, 2.75) is 44.2 Å². The highest BCUT2D eigenvalue weighted by molar-refractivity contribution is 5.94. The van der Waals surface area contributed by atoms with E-state index in [-0.39, 0.29) is 5.91 Å². The lowest BCUT2D eigenvalue weighted by Gasteiger charge is -2.37. The summed E-state index contributed by atoms with van der Waals surface area (Å²) in [5.74, 6) is 1.16. The number of fused-ring (bicyclic) bond motifs is 2. The number of hydrogen-bond donors (Lipinski definition) is 1. The molecule has 6 rings (SSSR count). The topological polar surface area (TPSA) is 56.6 Å². The standard InChI is InChI=1S/C29H38N6O/c1-32-27-7-3-2-6-26(27)31-29(32)30-24-13-17-33(18-14-24)16-12-22-8-10-23(11-9-22)28(36)35-20-19-34-15-4-5-25(34)21-35/h2-3,6-11,24-25H,4-5,12-21H2,1H3,(H,30,31). The first-order chi connectivity index (χ1) is 17.6. The fourth-order valence-corrected chi connectivity index (χ4v) is 6.22. The lowest BCUT2D eigenvalue weighted by atomic mass is 10.0. The Balaban J connectivity index is 0.963. The molecule has 1 amide bonds. The Morgan fingerprint density at radius 1 is 0.972 bits per heavy atom. The van der Waals surface area contributed by atoms with Crippen LogP contribution in [0.15, 0.2) is 48.5 Å². The molecule has 3 aliphatic heterocycles. The van der Waals surface area contributed by atoms with Crippen molar-refractivity contribution in [2.75, 3.05) is 51.1 Å². The van der Waals surface area contributed by atoms with E-state index in [1.54, 1.807) is 0 Å². The molecule has 1 aromatic heterocycles. The SMILES string of the molecule is Cn1c(NC2CCN(CCc3ccc(C(=O)N4CCN5CCCC5C4)cc3)CC2)nc2ccccc21. The zero-order valence-corrected chi connectivity index (χ0v) is 21.4. The molecule has 0 aliphatic carbocycles. The number of nitrogens with zero attached hydrogens (tertiary/aromatic N) is 5. The average molecular weight is 487 g/mol. The highest BCUT2D eigenvalue weighted by atomic mass is 16.2. The van der Waals surface area contributed by atoms with Gasteiger partial charge in [-0.05, 0) is 68.5 Å². The zero-order valence-electron chi connectivity index (χ0n) is 21.4. The fraction of sp³-hybridized carbons (Fsp3) is 0.517. The Morgan fingerprint density at radius 2 is 1.78 bits per heavy atom. The number of aromatic nitrogens is 2. The summed E-state index contributed by atoms with van der Waals surface area (Å²) in [7, 11) is 2.08. The number of hydrogen-bond acceptors (Lipinski definition) is 5. The molecule has 4 heterocycles. The van der Waals surface area contributed by atoms with Gasteiger partial charge < -0.3 is 19.7 Å². The predicted octanol–water partition coefficient (Wildman–Crippen LogP) is 3.61. The molecule has 7 nitrogen and oxygen atoms in total. The second kappa shape index (κ2) is 10.2. The summed E-state index contributed by atoms with van der Waals surface area (Å²) in [6.45, 7) is 7.25. The molecular formula is C29H38N6O. The molecule has 2 aromatic carbocycles. The van der Waals surface area contributed by atoms with Crippen LogP contribution in [0.2, 0.25) is 0 Å². The van der Waals surface area contributed by atoms with Crippen LogP contribution in [0.4, 0.5) is 5.95 Å². The van der Waals surface area contributed by atoms with Gasteiger partial charge in [0.1, 0.15) is 0 Å². The monoisotopic (exact) mass is 486 g/mol. The molecule has 0 radical (unpaired) electrons. The second-order valence-electron chi connectivity index (χ2n) is 10.8. The maximum atomic E-state index is 13.0. The van der Waals surface area contributed by atoms with E-state index in [1.807, 2.05) is 18.2 Å². The van der Waals surface area contributed by atoms with Gasteiger partial charge in [-0.15, -0.1) is 0 Å². The van der Waals surface area contributed by atoms with Gasteiger partial charge in [0.15, 0.2) is 0 Å². The van der Waals surface area contributed by atoms with Gasteiger partial charge in [0.05, 0.1) is 11.0 Å². The lowest BCUT2D eigenvalue weighted by Crippen LogP contribution is -2.52. The molecule has 1 atom stereocenters. The first-order valence-electron chi connectivity index (χ1n) is 13.7. The van der Waals surface area contributed by atoms with Crippen LogP contribution in [0.25, 0.3) is 11.0 Å². The Labute approximate surface area is 214 Å². The molecule has 7 heteroatoms. The van der Waals surface area contributed by atoms with Gasteiger partial charge in [-0.1, -0.05) is 24.3 Å². The number of carbonyl (C=O) groups is 1. The summed E-state index contributed by atoms with van der Waals surface area (Å²) in [5.41, 5.74) is 4.36. The molecule has 1 N–H and O–H groups in total. The number of anilines is 1. The molecule has 3 saturated heterocycles. The van der Waals surface area contributed by atoms with Gasteiger partial charge in [0.2, 0.25) is 5.95 Å². The number of amides is 1. The maximum Gasteiger partial charge on any atom is 0.253 e. The number of rotatable bonds is 6. The Morgan fingerprint density at radius 3 is 2.58 bits per heavy atom. The average Bonchev–Trinajstić information content (AvgIpc) is 3.52. The third kappa shape index (κ3) is 4.87. The summed E-state index contributed by atoms with van der Waals surface area (Å²) in [5, 5.41) is 3.68. The molecule has 3 fully saturated rings. The number of piperidine rings is 1. The number of piperazine rings is 1. The van der Waals surface area contributed by atoms with E-state index in [1.165, 1.54) is 30.5 Å². The van der Waals surface area contributed by atoms with Crippen molar-refractivity contribution in [2.24, 2.45) is 7.05 Å². The van der Waals surface area contributed by atoms with Crippen LogP contribution in [-0.4, -0.2) is 88.1 Å². The Bertz CT molecular complexity index is 1200. The van der Waals surface area contributed by atoms with Crippen molar-refractivity contribution in [3.63, 3.8) is 0 Å². The molecule has 190 valence electrons. The molecule has 0 saturated carbocycles. The molecule has 36 heavy (non-hydrogen) atoms. The van der Waals surface area contributed by atoms with Crippen molar-refractivity contribution < 1.29 is 4.79 Å². The van der Waals surface area contributed by atoms with E-state index in [0.29, 0.717) is 12.1 Å². The predicted molar refractivity (Wildman–Crippen MR) is 144 cm³/mol. The van der Waals surface area contributed by atoms with Crippen molar-refractivity contribution in [1.29, 1.82) is 0 Å². The van der Waals surface area contributed by atoms with E-state index >= 15 is 0 Å². The third-order valence-electron chi connectivity index (χ3n) is 8.50. The number of nitrogens with one attached hydrogen (secondary N) is 1. The second-order valence-corrected chi connectivity index (χ2v) is 10.8. The van der Waals surface area contributed by atoms with Crippen LogP contribution in [-0.2, 0) is 13.5 Å². The number of carbonyl (C=O) groups excluding carboxylic acids is 1. The molecular weight excluding hydrogens is 448 g/mol. The smallest absolute Gasteiger partial charge is 0.253 e. The van der Waals surface area contributed by atoms with Crippen molar-refractivity contribution in [1.82, 2.24) is 24.3 Å². The minimum Gasteiger partial charge on any atom is -0.353 e. The normalized spacial score (nSPS) is 21.7. The van der Waals surface area contributed by atoms with Gasteiger partial charge in [-0.3, -0.25) is 9.69 Å². The van der Waals surface area contributed by atoms with Crippen molar-refractivity contribution in [3.8, 4) is 0 Å². The minimum atomic E-state index is 0.197. The number of aryl methyl sites for hydroxylation is 1. The van der Waals surface area contributed by atoms with Crippen LogP contribution in [0.3, 0.4) is 0 Å². The third-order valence-corrected chi connectivity index (χ3v) is 8.50. The van der Waals surface area contributed by atoms with E-state index in [9.17, 15) is 4.79 Å². The minimum absolute atomic E-state index is 0.197. The van der Waals surface area contributed by atoms with Gasteiger partial charge in [0, 0.05) is 64.0 Å². The molecule has 3 aliphatic rings. The van der Waals surface area contributed by atoms with Crippen LogP contribution < -0.4 is 5.32 Å². The summed E-state index contributed by atoms with van der Waals surface area (Å²) < 4.78 is 2.16. The van der Waals surface area contributed by atoms with E-state index in [4.69, 9.17) is 4.98 Å². The first-order valence-corrected chi connectivity index (χ1v) is 13.7. The summed E-state index contributed by atoms with van der Waals surface area (Å²) in [6.07, 6.45) is 5.79. The number of likely N-dealkylation sites (tertiary alicyclic amines) is 1. The van der Waals surface area contributed by atoms with Crippen LogP contribution in [0, 0.1) is 0 Å². The zero-order chi connectivity index (χ0) is 24.5.